The van der Waals surface area contributed by atoms with Crippen LogP contribution >= 0.6 is 0 Å². The number of aldehydes is 1. The maximum atomic E-state index is 11.6. The van der Waals surface area contributed by atoms with Gasteiger partial charge in [0.15, 0.2) is 6.10 Å². The highest BCUT2D eigenvalue weighted by Crippen LogP contribution is 2.19. The van der Waals surface area contributed by atoms with Crippen LogP contribution in [-0.2, 0) is 4.79 Å². The molecule has 90 valence electrons. The van der Waals surface area contributed by atoms with Crippen molar-refractivity contribution in [3.8, 4) is 5.75 Å². The quantitative estimate of drug-likeness (QED) is 0.785. The Labute approximate surface area is 100.0 Å². The summed E-state index contributed by atoms with van der Waals surface area (Å²) in [5, 5.41) is 2.87. The fraction of sp³-hybridized carbons (Fsp3) is 0.385. The van der Waals surface area contributed by atoms with Crippen LogP contribution in [0.2, 0.25) is 0 Å². The van der Waals surface area contributed by atoms with Gasteiger partial charge in [0.2, 0.25) is 0 Å². The smallest absolute Gasteiger partial charge is 0.260 e. The number of hydrogen-bond acceptors (Lipinski definition) is 3. The van der Waals surface area contributed by atoms with Crippen LogP contribution in [0, 0.1) is 0 Å². The van der Waals surface area contributed by atoms with Crippen molar-refractivity contribution in [1.29, 1.82) is 0 Å². The Balaban J connectivity index is 1.93. The summed E-state index contributed by atoms with van der Waals surface area (Å²) in [6.07, 6.45) is 2.32. The van der Waals surface area contributed by atoms with Crippen molar-refractivity contribution in [2.24, 2.45) is 0 Å². The van der Waals surface area contributed by atoms with E-state index >= 15 is 0 Å². The monoisotopic (exact) mass is 233 g/mol. The molecular weight excluding hydrogens is 218 g/mol. The Bertz CT molecular complexity index is 426. The van der Waals surface area contributed by atoms with E-state index in [0.29, 0.717) is 17.4 Å². The molecular formula is C13H15NO3. The Hall–Kier alpha value is -1.84. The molecule has 0 spiro atoms. The van der Waals surface area contributed by atoms with Crippen LogP contribution in [0.3, 0.4) is 0 Å². The number of carbonyl (C=O) groups excluding carboxylic acids is 2. The average Bonchev–Trinajstić information content (AvgIpc) is 3.13. The van der Waals surface area contributed by atoms with Crippen molar-refractivity contribution in [1.82, 2.24) is 5.32 Å². The van der Waals surface area contributed by atoms with Gasteiger partial charge in [-0.05, 0) is 31.9 Å². The van der Waals surface area contributed by atoms with Gasteiger partial charge < -0.3 is 10.1 Å². The zero-order valence-electron chi connectivity index (χ0n) is 9.68. The molecule has 17 heavy (non-hydrogen) atoms. The van der Waals surface area contributed by atoms with Crippen LogP contribution in [0.4, 0.5) is 0 Å². The van der Waals surface area contributed by atoms with E-state index in [9.17, 15) is 9.59 Å². The van der Waals surface area contributed by atoms with E-state index < -0.39 is 6.10 Å². The number of ether oxygens (including phenoxy) is 1. The van der Waals surface area contributed by atoms with E-state index in [4.69, 9.17) is 4.74 Å². The molecule has 1 N–H and O–H groups in total. The molecule has 0 aromatic heterocycles. The van der Waals surface area contributed by atoms with E-state index in [1.54, 1.807) is 31.2 Å². The first-order valence-corrected chi connectivity index (χ1v) is 5.71. The highest BCUT2D eigenvalue weighted by atomic mass is 16.5. The molecule has 2 rings (SSSR count). The predicted molar refractivity (Wildman–Crippen MR) is 63.1 cm³/mol. The van der Waals surface area contributed by atoms with E-state index in [1.165, 1.54) is 0 Å². The molecule has 1 fully saturated rings. The minimum atomic E-state index is -0.544. The second kappa shape index (κ2) is 4.99. The second-order valence-corrected chi connectivity index (χ2v) is 4.23. The molecule has 1 aromatic carbocycles. The average molecular weight is 233 g/mol. The number of hydrogen-bond donors (Lipinski definition) is 1. The van der Waals surface area contributed by atoms with Crippen molar-refractivity contribution in [3.05, 3.63) is 29.8 Å². The SMILES string of the molecule is CC(Oc1cccc(C=O)c1)C(=O)NC1CC1. The standard InChI is InChI=1S/C13H15NO3/c1-9(13(16)14-11-5-6-11)17-12-4-2-3-10(7-12)8-15/h2-4,7-9,11H,5-6H2,1H3,(H,14,16). The molecule has 0 aliphatic heterocycles. The van der Waals surface area contributed by atoms with E-state index in [0.717, 1.165) is 19.1 Å². The van der Waals surface area contributed by atoms with Crippen LogP contribution in [0.25, 0.3) is 0 Å². The molecule has 1 atom stereocenters. The van der Waals surface area contributed by atoms with E-state index in [2.05, 4.69) is 5.32 Å². The molecule has 1 amide bonds. The Morgan fingerprint density at radius 3 is 2.94 bits per heavy atom. The minimum Gasteiger partial charge on any atom is -0.481 e. The molecule has 4 heteroatoms. The lowest BCUT2D eigenvalue weighted by atomic mass is 10.2. The van der Waals surface area contributed by atoms with Gasteiger partial charge in [0.1, 0.15) is 12.0 Å². The lowest BCUT2D eigenvalue weighted by Gasteiger charge is -2.14. The van der Waals surface area contributed by atoms with Gasteiger partial charge >= 0.3 is 0 Å². The molecule has 0 radical (unpaired) electrons. The number of benzene rings is 1. The van der Waals surface area contributed by atoms with Crippen molar-refractivity contribution < 1.29 is 14.3 Å². The number of amides is 1. The summed E-state index contributed by atoms with van der Waals surface area (Å²) >= 11 is 0. The molecule has 1 aliphatic rings. The van der Waals surface area contributed by atoms with Gasteiger partial charge in [-0.1, -0.05) is 12.1 Å². The van der Waals surface area contributed by atoms with Gasteiger partial charge in [0, 0.05) is 11.6 Å². The molecule has 0 heterocycles. The maximum Gasteiger partial charge on any atom is 0.260 e. The summed E-state index contributed by atoms with van der Waals surface area (Å²) in [6.45, 7) is 1.70. The predicted octanol–water partition coefficient (Wildman–Crippen LogP) is 1.54. The first-order valence-electron chi connectivity index (χ1n) is 5.71. The Kier molecular flexibility index (Phi) is 3.42. The van der Waals surface area contributed by atoms with Crippen molar-refractivity contribution in [3.63, 3.8) is 0 Å². The van der Waals surface area contributed by atoms with Crippen LogP contribution < -0.4 is 10.1 Å². The number of rotatable bonds is 5. The third-order valence-electron chi connectivity index (χ3n) is 2.60. The van der Waals surface area contributed by atoms with Crippen LogP contribution in [-0.4, -0.2) is 24.3 Å². The lowest BCUT2D eigenvalue weighted by Crippen LogP contribution is -2.37. The van der Waals surface area contributed by atoms with Crippen molar-refractivity contribution >= 4 is 12.2 Å². The lowest BCUT2D eigenvalue weighted by molar-refractivity contribution is -0.127. The third kappa shape index (κ3) is 3.31. The van der Waals surface area contributed by atoms with Crippen molar-refractivity contribution in [2.45, 2.75) is 31.9 Å². The van der Waals surface area contributed by atoms with Gasteiger partial charge in [-0.15, -0.1) is 0 Å². The zero-order valence-corrected chi connectivity index (χ0v) is 9.68. The molecule has 0 saturated heterocycles. The van der Waals surface area contributed by atoms with E-state index in [1.807, 2.05) is 0 Å². The van der Waals surface area contributed by atoms with Crippen LogP contribution in [0.5, 0.6) is 5.75 Å². The molecule has 1 aliphatic carbocycles. The van der Waals surface area contributed by atoms with Gasteiger partial charge in [-0.25, -0.2) is 0 Å². The van der Waals surface area contributed by atoms with E-state index in [-0.39, 0.29) is 5.91 Å². The topological polar surface area (TPSA) is 55.4 Å². The molecule has 0 bridgehead atoms. The van der Waals surface area contributed by atoms with Crippen LogP contribution in [0.1, 0.15) is 30.1 Å². The first kappa shape index (κ1) is 11.6. The van der Waals surface area contributed by atoms with Gasteiger partial charge in [-0.3, -0.25) is 9.59 Å². The highest BCUT2D eigenvalue weighted by molar-refractivity contribution is 5.81. The molecule has 1 unspecified atom stereocenters. The van der Waals surface area contributed by atoms with Gasteiger partial charge in [0.05, 0.1) is 0 Å². The number of carbonyl (C=O) groups is 2. The summed E-state index contributed by atoms with van der Waals surface area (Å²) < 4.78 is 5.48. The molecule has 4 nitrogen and oxygen atoms in total. The fourth-order valence-electron chi connectivity index (χ4n) is 1.47. The fourth-order valence-corrected chi connectivity index (χ4v) is 1.47. The highest BCUT2D eigenvalue weighted by Gasteiger charge is 2.26. The minimum absolute atomic E-state index is 0.107. The Morgan fingerprint density at radius 1 is 1.53 bits per heavy atom. The summed E-state index contributed by atoms with van der Waals surface area (Å²) in [4.78, 5) is 22.2. The largest absolute Gasteiger partial charge is 0.481 e. The normalized spacial score (nSPS) is 16.1. The Morgan fingerprint density at radius 2 is 2.29 bits per heavy atom. The van der Waals surface area contributed by atoms with Crippen LogP contribution in [0.15, 0.2) is 24.3 Å². The van der Waals surface area contributed by atoms with Crippen molar-refractivity contribution in [2.75, 3.05) is 0 Å². The first-order chi connectivity index (χ1) is 8.19. The summed E-state index contributed by atoms with van der Waals surface area (Å²) in [5.74, 6) is 0.428. The summed E-state index contributed by atoms with van der Waals surface area (Å²) in [6, 6.07) is 7.09. The summed E-state index contributed by atoms with van der Waals surface area (Å²) in [5.41, 5.74) is 0.539. The number of nitrogens with one attached hydrogen (secondary N) is 1. The molecule has 1 saturated carbocycles. The summed E-state index contributed by atoms with van der Waals surface area (Å²) in [7, 11) is 0. The third-order valence-corrected chi connectivity index (χ3v) is 2.60. The maximum absolute atomic E-state index is 11.6. The zero-order chi connectivity index (χ0) is 12.3. The second-order valence-electron chi connectivity index (χ2n) is 4.23. The molecule has 1 aromatic rings. The van der Waals surface area contributed by atoms with Gasteiger partial charge in [0.25, 0.3) is 5.91 Å². The van der Waals surface area contributed by atoms with Gasteiger partial charge in [-0.2, -0.15) is 0 Å².